The van der Waals surface area contributed by atoms with Crippen LogP contribution in [0.5, 0.6) is 0 Å². The van der Waals surface area contributed by atoms with Crippen LogP contribution in [0.4, 0.5) is 4.79 Å². The van der Waals surface area contributed by atoms with E-state index in [-0.39, 0.29) is 16.6 Å². The lowest BCUT2D eigenvalue weighted by Gasteiger charge is -2.72. The van der Waals surface area contributed by atoms with Gasteiger partial charge in [-0.05, 0) is 75.0 Å². The molecule has 2 bridgehead atoms. The lowest BCUT2D eigenvalue weighted by Crippen LogP contribution is -2.65. The van der Waals surface area contributed by atoms with E-state index in [1.165, 1.54) is 10.1 Å². The summed E-state index contributed by atoms with van der Waals surface area (Å²) < 4.78 is 12.0. The maximum absolute atomic E-state index is 12.0. The van der Waals surface area contributed by atoms with Crippen LogP contribution in [0, 0.1) is 16.7 Å². The zero-order chi connectivity index (χ0) is 20.3. The number of nitrogens with one attached hydrogen (secondary N) is 1. The van der Waals surface area contributed by atoms with Gasteiger partial charge in [0.1, 0.15) is 11.6 Å². The lowest BCUT2D eigenvalue weighted by molar-refractivity contribution is -0.148. The molecule has 28 heavy (non-hydrogen) atoms. The van der Waals surface area contributed by atoms with E-state index in [4.69, 9.17) is 9.15 Å². The van der Waals surface area contributed by atoms with Crippen molar-refractivity contribution in [2.24, 2.45) is 12.5 Å². The molecule has 1 unspecified atom stereocenters. The van der Waals surface area contributed by atoms with Crippen molar-refractivity contribution in [1.29, 1.82) is 5.26 Å². The molecule has 5 rings (SSSR count). The van der Waals surface area contributed by atoms with E-state index in [0.29, 0.717) is 12.0 Å². The monoisotopic (exact) mass is 383 g/mol. The van der Waals surface area contributed by atoms with Crippen LogP contribution in [-0.4, -0.2) is 22.3 Å². The van der Waals surface area contributed by atoms with E-state index in [1.807, 2.05) is 18.2 Å². The molecule has 0 aliphatic heterocycles. The first-order valence-electron chi connectivity index (χ1n) is 9.54. The van der Waals surface area contributed by atoms with Gasteiger partial charge in [-0.15, -0.1) is 0 Å². The largest absolute Gasteiger partial charge is 0.444 e. The number of hydrogen-bond acceptors (Lipinski definition) is 5. The van der Waals surface area contributed by atoms with Crippen LogP contribution < -0.4 is 11.1 Å². The number of nitriles is 1. The number of amides is 1. The average Bonchev–Trinajstić information content (AvgIpc) is 2.81. The van der Waals surface area contributed by atoms with Crippen LogP contribution in [0.15, 0.2) is 27.4 Å². The quantitative estimate of drug-likeness (QED) is 0.873. The van der Waals surface area contributed by atoms with E-state index in [1.54, 1.807) is 27.8 Å². The standard InChI is InChI=1S/C21H25N3O4/c1-19(2,3)28-17(25)23-14(9-22)8-20-10-21(11-20,12-20)13-5-6-16-15(7-13)24(4)18(26)27-16/h5-7,14H,8,10-12H2,1-4H3,(H,23,25). The normalized spacial score (nSPS) is 26.7. The smallest absolute Gasteiger partial charge is 0.419 e. The fraction of sp³-hybridized carbons (Fsp3) is 0.571. The van der Waals surface area contributed by atoms with Gasteiger partial charge in [0.15, 0.2) is 5.58 Å². The fourth-order valence-corrected chi connectivity index (χ4v) is 4.99. The Labute approximate surface area is 163 Å². The van der Waals surface area contributed by atoms with Gasteiger partial charge < -0.3 is 14.5 Å². The summed E-state index contributed by atoms with van der Waals surface area (Å²) in [4.78, 5) is 23.6. The van der Waals surface area contributed by atoms with Gasteiger partial charge in [0.2, 0.25) is 0 Å². The predicted molar refractivity (Wildman–Crippen MR) is 103 cm³/mol. The number of ether oxygens (including phenoxy) is 1. The van der Waals surface area contributed by atoms with Gasteiger partial charge in [0.05, 0.1) is 11.6 Å². The molecule has 0 saturated heterocycles. The summed E-state index contributed by atoms with van der Waals surface area (Å²) in [6.07, 6.45) is 3.06. The number of aryl methyl sites for hydroxylation is 1. The molecule has 0 radical (unpaired) electrons. The molecule has 2 aromatic rings. The first-order valence-corrected chi connectivity index (χ1v) is 9.54. The molecule has 0 spiro atoms. The minimum absolute atomic E-state index is 0.104. The van der Waals surface area contributed by atoms with Crippen LogP contribution >= 0.6 is 0 Å². The summed E-state index contributed by atoms with van der Waals surface area (Å²) in [5, 5.41) is 12.1. The molecule has 1 atom stereocenters. The highest BCUT2D eigenvalue weighted by atomic mass is 16.6. The SMILES string of the molecule is Cn1c(=O)oc2ccc(C34CC(CC(C#N)NC(=O)OC(C)(C)C)(C3)C4)cc21. The Balaban J connectivity index is 1.41. The number of aromatic nitrogens is 1. The van der Waals surface area contributed by atoms with E-state index in [0.717, 1.165) is 24.8 Å². The van der Waals surface area contributed by atoms with Crippen molar-refractivity contribution in [3.05, 3.63) is 34.3 Å². The highest BCUT2D eigenvalue weighted by Crippen LogP contribution is 2.75. The van der Waals surface area contributed by atoms with Gasteiger partial charge in [0.25, 0.3) is 0 Å². The van der Waals surface area contributed by atoms with E-state index >= 15 is 0 Å². The number of carbonyl (C=O) groups excluding carboxylic acids is 1. The first-order chi connectivity index (χ1) is 13.0. The minimum Gasteiger partial charge on any atom is -0.444 e. The predicted octanol–water partition coefficient (Wildman–Crippen LogP) is 3.36. The molecular formula is C21H25N3O4. The summed E-state index contributed by atoms with van der Waals surface area (Å²) >= 11 is 0. The Morgan fingerprint density at radius 2 is 2.07 bits per heavy atom. The second-order valence-corrected chi connectivity index (χ2v) is 9.45. The van der Waals surface area contributed by atoms with Gasteiger partial charge in [-0.3, -0.25) is 4.57 Å². The van der Waals surface area contributed by atoms with E-state index < -0.39 is 17.7 Å². The van der Waals surface area contributed by atoms with E-state index in [9.17, 15) is 14.9 Å². The second-order valence-electron chi connectivity index (χ2n) is 9.45. The summed E-state index contributed by atoms with van der Waals surface area (Å²) in [5.41, 5.74) is 2.26. The zero-order valence-corrected chi connectivity index (χ0v) is 16.7. The van der Waals surface area contributed by atoms with Crippen molar-refractivity contribution < 1.29 is 13.9 Å². The van der Waals surface area contributed by atoms with Gasteiger partial charge in [-0.2, -0.15) is 5.26 Å². The Kier molecular flexibility index (Phi) is 3.90. The van der Waals surface area contributed by atoms with Crippen LogP contribution in [0.3, 0.4) is 0 Å². The molecule has 3 aliphatic carbocycles. The summed E-state index contributed by atoms with van der Waals surface area (Å²) in [6.45, 7) is 5.39. The molecule has 3 fully saturated rings. The minimum atomic E-state index is -0.587. The van der Waals surface area contributed by atoms with Crippen LogP contribution in [0.25, 0.3) is 11.1 Å². The van der Waals surface area contributed by atoms with Gasteiger partial charge in [-0.1, -0.05) is 6.07 Å². The number of hydrogen-bond donors (Lipinski definition) is 1. The molecule has 3 aliphatic rings. The third-order valence-corrected chi connectivity index (χ3v) is 6.03. The zero-order valence-electron chi connectivity index (χ0n) is 16.7. The maximum Gasteiger partial charge on any atom is 0.419 e. The van der Waals surface area contributed by atoms with Crippen molar-refractivity contribution in [3.8, 4) is 6.07 Å². The van der Waals surface area contributed by atoms with Crippen molar-refractivity contribution in [2.75, 3.05) is 0 Å². The number of oxazole rings is 1. The van der Waals surface area contributed by atoms with Crippen molar-refractivity contribution in [3.63, 3.8) is 0 Å². The van der Waals surface area contributed by atoms with Crippen LogP contribution in [-0.2, 0) is 17.2 Å². The third kappa shape index (κ3) is 2.97. The Hall–Kier alpha value is -2.75. The molecule has 1 aromatic heterocycles. The van der Waals surface area contributed by atoms with Crippen molar-refractivity contribution in [1.82, 2.24) is 9.88 Å². The third-order valence-electron chi connectivity index (χ3n) is 6.03. The second kappa shape index (κ2) is 5.87. The number of alkyl carbamates (subject to hydrolysis) is 1. The number of carbonyl (C=O) groups is 1. The molecule has 148 valence electrons. The highest BCUT2D eigenvalue weighted by Gasteiger charge is 2.68. The number of fused-ring (bicyclic) bond motifs is 1. The molecule has 7 heteroatoms. The Morgan fingerprint density at radius 3 is 2.68 bits per heavy atom. The van der Waals surface area contributed by atoms with E-state index in [2.05, 4.69) is 11.4 Å². The Bertz CT molecular complexity index is 1030. The molecule has 3 saturated carbocycles. The number of rotatable bonds is 4. The van der Waals surface area contributed by atoms with Gasteiger partial charge in [0, 0.05) is 7.05 Å². The lowest BCUT2D eigenvalue weighted by atomic mass is 9.32. The molecule has 1 amide bonds. The molecule has 1 N–H and O–H groups in total. The molecule has 1 aromatic carbocycles. The van der Waals surface area contributed by atoms with Crippen LogP contribution in [0.2, 0.25) is 0 Å². The first kappa shape index (κ1) is 18.6. The van der Waals surface area contributed by atoms with Crippen molar-refractivity contribution in [2.45, 2.75) is 63.5 Å². The summed E-state index contributed by atoms with van der Waals surface area (Å²) in [6, 6.07) is 7.59. The van der Waals surface area contributed by atoms with Crippen molar-refractivity contribution >= 4 is 17.2 Å². The van der Waals surface area contributed by atoms with Crippen LogP contribution in [0.1, 0.15) is 52.0 Å². The highest BCUT2D eigenvalue weighted by molar-refractivity contribution is 5.74. The number of nitrogens with zero attached hydrogens (tertiary/aromatic N) is 2. The molecular weight excluding hydrogens is 358 g/mol. The Morgan fingerprint density at radius 1 is 1.39 bits per heavy atom. The molecule has 1 heterocycles. The van der Waals surface area contributed by atoms with Gasteiger partial charge in [-0.25, -0.2) is 9.59 Å². The molecule has 7 nitrogen and oxygen atoms in total. The van der Waals surface area contributed by atoms with Gasteiger partial charge >= 0.3 is 11.8 Å². The summed E-state index contributed by atoms with van der Waals surface area (Å²) in [5.74, 6) is -0.355. The maximum atomic E-state index is 12.0. The topological polar surface area (TPSA) is 97.3 Å². The number of benzene rings is 1. The summed E-state index contributed by atoms with van der Waals surface area (Å²) in [7, 11) is 1.71. The average molecular weight is 383 g/mol. The fourth-order valence-electron chi connectivity index (χ4n) is 4.99.